The summed E-state index contributed by atoms with van der Waals surface area (Å²) in [6.45, 7) is 30.6. The van der Waals surface area contributed by atoms with E-state index in [2.05, 4.69) is 79.5 Å². The second kappa shape index (κ2) is 33.5. The van der Waals surface area contributed by atoms with Crippen molar-refractivity contribution < 1.29 is 4.52 Å². The molecule has 0 bridgehead atoms. The van der Waals surface area contributed by atoms with Crippen LogP contribution in [0.2, 0.25) is 0 Å². The lowest BCUT2D eigenvalue weighted by atomic mass is 10.3. The van der Waals surface area contributed by atoms with Gasteiger partial charge in [-0.3, -0.25) is 15.0 Å². The highest BCUT2D eigenvalue weighted by Crippen LogP contribution is 1.95. The second-order valence-electron chi connectivity index (χ2n) is 13.1. The van der Waals surface area contributed by atoms with Crippen LogP contribution in [0.1, 0.15) is 94.5 Å². The zero-order valence-corrected chi connectivity index (χ0v) is 40.2. The fraction of sp³-hybridized carbons (Fsp3) is 0.370. The average Bonchev–Trinajstić information content (AvgIpc) is 3.86. The molecule has 8 aromatic rings. The fourth-order valence-electron chi connectivity index (χ4n) is 4.21. The molecule has 0 N–H and O–H groups in total. The Balaban J connectivity index is 0.000000694. The molecular weight excluding hydrogens is 793 g/mol. The Morgan fingerprint density at radius 1 is 0.397 bits per heavy atom. The number of aromatic nitrogens is 16. The molecule has 0 amide bonds. The first kappa shape index (κ1) is 55.8. The van der Waals surface area contributed by atoms with Gasteiger partial charge in [0.15, 0.2) is 5.82 Å². The van der Waals surface area contributed by atoms with Crippen LogP contribution >= 0.6 is 0 Å². The van der Waals surface area contributed by atoms with Crippen molar-refractivity contribution in [3.8, 4) is 0 Å². The molecule has 0 unspecified atom stereocenters. The van der Waals surface area contributed by atoms with E-state index in [1.165, 1.54) is 6.33 Å². The summed E-state index contributed by atoms with van der Waals surface area (Å²) >= 11 is 0. The molecule has 0 aliphatic rings. The highest BCUT2D eigenvalue weighted by molar-refractivity contribution is 5.07. The quantitative estimate of drug-likeness (QED) is 0.139. The minimum Gasteiger partial charge on any atom is -0.341 e. The Morgan fingerprint density at radius 3 is 0.968 bits per heavy atom. The maximum absolute atomic E-state index is 4.60. The number of hydrogen-bond donors (Lipinski definition) is 0. The van der Waals surface area contributed by atoms with E-state index in [4.69, 9.17) is 0 Å². The molecule has 0 saturated carbocycles. The molecule has 0 saturated heterocycles. The second-order valence-corrected chi connectivity index (χ2v) is 13.1. The van der Waals surface area contributed by atoms with Gasteiger partial charge in [-0.1, -0.05) is 25.1 Å². The highest BCUT2D eigenvalue weighted by atomic mass is 16.5. The minimum atomic E-state index is 0.623. The lowest BCUT2D eigenvalue weighted by molar-refractivity contribution is 0.389. The summed E-state index contributed by atoms with van der Waals surface area (Å²) in [6.07, 6.45) is 15.7. The number of aryl methyl sites for hydroxylation is 15. The molecule has 17 heteroatoms. The Morgan fingerprint density at radius 2 is 0.794 bits per heavy atom. The molecular formula is C46H66N16O. The van der Waals surface area contributed by atoms with Gasteiger partial charge in [-0.15, -0.1) is 0 Å². The average molecular weight is 859 g/mol. The summed E-state index contributed by atoms with van der Waals surface area (Å²) in [4.78, 5) is 55.4. The van der Waals surface area contributed by atoms with E-state index in [9.17, 15) is 0 Å². The van der Waals surface area contributed by atoms with Crippen LogP contribution in [-0.4, -0.2) is 79.5 Å². The first-order valence-corrected chi connectivity index (χ1v) is 20.2. The van der Waals surface area contributed by atoms with Crippen LogP contribution in [0.4, 0.5) is 0 Å². The van der Waals surface area contributed by atoms with Crippen LogP contribution in [0.3, 0.4) is 0 Å². The van der Waals surface area contributed by atoms with Crippen LogP contribution in [0, 0.1) is 96.9 Å². The Hall–Kier alpha value is -7.17. The Bertz CT molecular complexity index is 1910. The summed E-state index contributed by atoms with van der Waals surface area (Å²) < 4.78 is 6.49. The Labute approximate surface area is 374 Å². The van der Waals surface area contributed by atoms with E-state index in [0.717, 1.165) is 69.0 Å². The van der Waals surface area contributed by atoms with Gasteiger partial charge < -0.3 is 9.09 Å². The molecule has 8 aromatic heterocycles. The van der Waals surface area contributed by atoms with Gasteiger partial charge in [-0.25, -0.2) is 49.8 Å². The lowest BCUT2D eigenvalue weighted by Gasteiger charge is -1.90. The van der Waals surface area contributed by atoms with Crippen LogP contribution < -0.4 is 0 Å². The van der Waals surface area contributed by atoms with Crippen LogP contribution in [0.5, 0.6) is 0 Å². The molecule has 0 fully saturated rings. The van der Waals surface area contributed by atoms with Gasteiger partial charge >= 0.3 is 0 Å². The summed E-state index contributed by atoms with van der Waals surface area (Å²) in [5, 5.41) is 3.53. The van der Waals surface area contributed by atoms with Gasteiger partial charge in [-0.2, -0.15) is 4.98 Å². The predicted molar refractivity (Wildman–Crippen MR) is 247 cm³/mol. The fourth-order valence-corrected chi connectivity index (χ4v) is 4.21. The largest absolute Gasteiger partial charge is 0.341 e. The topological polar surface area (TPSA) is 211 Å². The van der Waals surface area contributed by atoms with Crippen molar-refractivity contribution in [2.45, 2.75) is 111 Å². The van der Waals surface area contributed by atoms with E-state index >= 15 is 0 Å². The SMILES string of the molecule is CC.Cc1cccc(C)n1.Cc1ccnc(C)n1.Cc1ccnc(C)n1.Cc1ccnc(C)n1.Cc1cncc(C)n1.Cc1ncnc(C)n1.Cc1noc(C)n1.Cn1ccnc1. The molecule has 336 valence electrons. The molecule has 0 aromatic carbocycles. The van der Waals surface area contributed by atoms with E-state index in [1.807, 2.05) is 151 Å². The summed E-state index contributed by atoms with van der Waals surface area (Å²) in [5.41, 5.74) is 7.21. The molecule has 17 nitrogen and oxygen atoms in total. The van der Waals surface area contributed by atoms with Crippen LogP contribution in [-0.2, 0) is 7.05 Å². The normalized spacial score (nSPS) is 9.03. The van der Waals surface area contributed by atoms with Crippen molar-refractivity contribution in [2.24, 2.45) is 7.05 Å². The number of nitrogens with zero attached hydrogens (tertiary/aromatic N) is 16. The summed E-state index contributed by atoms with van der Waals surface area (Å²) in [7, 11) is 1.94. The van der Waals surface area contributed by atoms with E-state index in [0.29, 0.717) is 11.7 Å². The van der Waals surface area contributed by atoms with Crippen molar-refractivity contribution in [3.05, 3.63) is 173 Å². The molecule has 0 aliphatic carbocycles. The minimum absolute atomic E-state index is 0.623. The van der Waals surface area contributed by atoms with E-state index in [1.54, 1.807) is 57.4 Å². The van der Waals surface area contributed by atoms with Gasteiger partial charge in [0.05, 0.1) is 17.7 Å². The zero-order chi connectivity index (χ0) is 47.6. The van der Waals surface area contributed by atoms with Gasteiger partial charge in [-0.05, 0) is 120 Å². The molecule has 8 rings (SSSR count). The lowest BCUT2D eigenvalue weighted by Crippen LogP contribution is -1.91. The molecule has 0 aliphatic heterocycles. The standard InChI is InChI=1S/C7H9N.4C6H8N2.C5H7N3.C4H6N2O.C4H6N2.C2H6/c1-6-4-3-5-7(2)8-6;1-5-3-7-4-6(2)8-5;3*1-5-3-4-7-6(2)8-5;1-4-6-3-7-5(2)8-4;1-3-5-4(2)7-6-3;1-6-3-2-5-4-6;1-2/h3-5H,1-2H3;4*3-4H,1-2H3;3H,1-2H3;1-2H3;2-4H,1H3;1-2H3. The molecule has 8 heterocycles. The third-order valence-corrected chi connectivity index (χ3v) is 6.73. The highest BCUT2D eigenvalue weighted by Gasteiger charge is 1.90. The Kier molecular flexibility index (Phi) is 29.7. The van der Waals surface area contributed by atoms with Crippen LogP contribution in [0.25, 0.3) is 0 Å². The van der Waals surface area contributed by atoms with E-state index < -0.39 is 0 Å². The zero-order valence-electron chi connectivity index (χ0n) is 40.2. The van der Waals surface area contributed by atoms with Crippen molar-refractivity contribution in [2.75, 3.05) is 0 Å². The predicted octanol–water partition coefficient (Wildman–Crippen LogP) is 8.69. The number of imidazole rings is 1. The molecule has 0 atom stereocenters. The van der Waals surface area contributed by atoms with Gasteiger partial charge in [0.25, 0.3) is 0 Å². The van der Waals surface area contributed by atoms with Gasteiger partial charge in [0.2, 0.25) is 5.89 Å². The van der Waals surface area contributed by atoms with E-state index in [-0.39, 0.29) is 0 Å². The third-order valence-electron chi connectivity index (χ3n) is 6.73. The van der Waals surface area contributed by atoms with Crippen LogP contribution in [0.15, 0.2) is 97.0 Å². The van der Waals surface area contributed by atoms with Gasteiger partial charge in [0, 0.05) is 85.8 Å². The first-order valence-electron chi connectivity index (χ1n) is 20.2. The van der Waals surface area contributed by atoms with Crippen molar-refractivity contribution in [1.29, 1.82) is 0 Å². The number of pyridine rings is 1. The summed E-state index contributed by atoms with van der Waals surface area (Å²) in [5.74, 6) is 5.38. The maximum Gasteiger partial charge on any atom is 0.223 e. The number of rotatable bonds is 0. The number of hydrogen-bond acceptors (Lipinski definition) is 16. The molecule has 63 heavy (non-hydrogen) atoms. The first-order chi connectivity index (χ1) is 29.9. The third kappa shape index (κ3) is 32.3. The summed E-state index contributed by atoms with van der Waals surface area (Å²) in [6, 6.07) is 11.6. The van der Waals surface area contributed by atoms with Crippen molar-refractivity contribution in [1.82, 2.24) is 79.5 Å². The molecule has 0 spiro atoms. The van der Waals surface area contributed by atoms with Gasteiger partial charge in [0.1, 0.15) is 35.4 Å². The maximum atomic E-state index is 4.60. The molecule has 0 radical (unpaired) electrons. The monoisotopic (exact) mass is 859 g/mol. The van der Waals surface area contributed by atoms with Crippen molar-refractivity contribution >= 4 is 0 Å². The van der Waals surface area contributed by atoms with Crippen molar-refractivity contribution in [3.63, 3.8) is 0 Å². The smallest absolute Gasteiger partial charge is 0.223 e.